The average molecular weight is 224 g/mol. The molecule has 1 nitrogen and oxygen atoms in total. The van der Waals surface area contributed by atoms with Gasteiger partial charge in [-0.1, -0.05) is 53.7 Å². The zero-order valence-corrected chi connectivity index (χ0v) is 11.8. The van der Waals surface area contributed by atoms with Crippen molar-refractivity contribution in [1.29, 1.82) is 0 Å². The summed E-state index contributed by atoms with van der Waals surface area (Å²) in [4.78, 5) is 0. The average Bonchev–Trinajstić information content (AvgIpc) is 2.04. The zero-order chi connectivity index (χ0) is 12.7. The topological polar surface area (TPSA) is 20.2 Å². The fourth-order valence-corrected chi connectivity index (χ4v) is 2.86. The molecule has 0 aromatic heterocycles. The Labute approximate surface area is 101 Å². The summed E-state index contributed by atoms with van der Waals surface area (Å²) in [7, 11) is 0. The minimum absolute atomic E-state index is 0.159. The van der Waals surface area contributed by atoms with Crippen LogP contribution in [0, 0.1) is 22.7 Å². The van der Waals surface area contributed by atoms with Gasteiger partial charge in [0.25, 0.3) is 0 Å². The van der Waals surface area contributed by atoms with E-state index in [1.54, 1.807) is 0 Å². The molecule has 0 amide bonds. The first-order chi connectivity index (χ1) is 7.03. The van der Waals surface area contributed by atoms with Gasteiger partial charge in [0.15, 0.2) is 0 Å². The van der Waals surface area contributed by atoms with E-state index in [0.717, 1.165) is 12.8 Å². The molecule has 94 valence electrons. The number of hydrogen-bond acceptors (Lipinski definition) is 1. The molecule has 0 radical (unpaired) electrons. The molecule has 1 aliphatic rings. The van der Waals surface area contributed by atoms with E-state index in [-0.39, 0.29) is 16.9 Å². The van der Waals surface area contributed by atoms with E-state index in [9.17, 15) is 5.11 Å². The molecule has 0 spiro atoms. The lowest BCUT2D eigenvalue weighted by Crippen LogP contribution is -2.45. The van der Waals surface area contributed by atoms with Crippen molar-refractivity contribution in [3.63, 3.8) is 0 Å². The highest BCUT2D eigenvalue weighted by Gasteiger charge is 2.43. The number of aliphatic hydroxyl groups is 1. The maximum atomic E-state index is 10.6. The standard InChI is InChI=1S/C15H28O/c1-10-8-11(14(2,3)4)13(16)12(9-10)15(5,6)7/h11-13,16H,1,8-9H2,2-7H3. The summed E-state index contributed by atoms with van der Waals surface area (Å²) in [5, 5.41) is 10.6. The number of rotatable bonds is 0. The molecule has 1 saturated carbocycles. The highest BCUT2D eigenvalue weighted by Crippen LogP contribution is 2.47. The third-order valence-electron chi connectivity index (χ3n) is 4.07. The van der Waals surface area contributed by atoms with Crippen molar-refractivity contribution in [3.05, 3.63) is 12.2 Å². The Morgan fingerprint density at radius 3 is 1.50 bits per heavy atom. The van der Waals surface area contributed by atoms with E-state index < -0.39 is 0 Å². The molecule has 0 bridgehead atoms. The van der Waals surface area contributed by atoms with E-state index in [2.05, 4.69) is 48.1 Å². The van der Waals surface area contributed by atoms with Crippen LogP contribution in [0.1, 0.15) is 54.4 Å². The second kappa shape index (κ2) is 4.18. The predicted octanol–water partition coefficient (Wildman–Crippen LogP) is 4.02. The fourth-order valence-electron chi connectivity index (χ4n) is 2.86. The van der Waals surface area contributed by atoms with Gasteiger partial charge in [-0.3, -0.25) is 0 Å². The lowest BCUT2D eigenvalue weighted by atomic mass is 9.60. The normalized spacial score (nSPS) is 32.9. The number of allylic oxidation sites excluding steroid dienone is 1. The third kappa shape index (κ3) is 2.88. The largest absolute Gasteiger partial charge is 0.392 e. The van der Waals surface area contributed by atoms with Crippen molar-refractivity contribution in [2.45, 2.75) is 60.5 Å². The van der Waals surface area contributed by atoms with Gasteiger partial charge >= 0.3 is 0 Å². The molecule has 0 heterocycles. The molecule has 2 unspecified atom stereocenters. The van der Waals surface area contributed by atoms with Gasteiger partial charge < -0.3 is 5.11 Å². The summed E-state index contributed by atoms with van der Waals surface area (Å²) in [6.45, 7) is 17.5. The Balaban J connectivity index is 2.95. The fraction of sp³-hybridized carbons (Fsp3) is 0.867. The lowest BCUT2D eigenvalue weighted by molar-refractivity contribution is -0.0515. The molecule has 1 fully saturated rings. The van der Waals surface area contributed by atoms with E-state index in [1.165, 1.54) is 5.57 Å². The van der Waals surface area contributed by atoms with Crippen LogP contribution in [-0.4, -0.2) is 11.2 Å². The van der Waals surface area contributed by atoms with E-state index >= 15 is 0 Å². The SMILES string of the molecule is C=C1CC(C(C)(C)C)C(O)C(C(C)(C)C)C1. The van der Waals surface area contributed by atoms with Gasteiger partial charge in [-0.25, -0.2) is 0 Å². The summed E-state index contributed by atoms with van der Waals surface area (Å²) >= 11 is 0. The van der Waals surface area contributed by atoms with E-state index in [0.29, 0.717) is 11.8 Å². The molecule has 1 aliphatic carbocycles. The molecule has 16 heavy (non-hydrogen) atoms. The first-order valence-corrected chi connectivity index (χ1v) is 6.38. The zero-order valence-electron chi connectivity index (χ0n) is 11.8. The smallest absolute Gasteiger partial charge is 0.0612 e. The Morgan fingerprint density at radius 2 is 1.25 bits per heavy atom. The van der Waals surface area contributed by atoms with Crippen LogP contribution in [0.5, 0.6) is 0 Å². The Bertz CT molecular complexity index is 238. The molecule has 0 saturated heterocycles. The molecule has 0 aliphatic heterocycles. The van der Waals surface area contributed by atoms with Crippen LogP contribution in [0.3, 0.4) is 0 Å². The summed E-state index contributed by atoms with van der Waals surface area (Å²) in [5.41, 5.74) is 1.63. The van der Waals surface area contributed by atoms with Gasteiger partial charge in [-0.05, 0) is 35.5 Å². The van der Waals surface area contributed by atoms with Crippen LogP contribution in [0.15, 0.2) is 12.2 Å². The van der Waals surface area contributed by atoms with Crippen LogP contribution in [0.2, 0.25) is 0 Å². The predicted molar refractivity (Wildman–Crippen MR) is 70.3 cm³/mol. The van der Waals surface area contributed by atoms with E-state index in [4.69, 9.17) is 0 Å². The van der Waals surface area contributed by atoms with Crippen molar-refractivity contribution in [1.82, 2.24) is 0 Å². The lowest BCUT2D eigenvalue weighted by Gasteiger charge is -2.47. The molecular formula is C15H28O. The van der Waals surface area contributed by atoms with Crippen molar-refractivity contribution in [2.24, 2.45) is 22.7 Å². The first-order valence-electron chi connectivity index (χ1n) is 6.38. The number of aliphatic hydroxyl groups excluding tert-OH is 1. The van der Waals surface area contributed by atoms with Gasteiger partial charge in [0.05, 0.1) is 6.10 Å². The Hall–Kier alpha value is -0.300. The van der Waals surface area contributed by atoms with Crippen LogP contribution in [-0.2, 0) is 0 Å². The maximum Gasteiger partial charge on any atom is 0.0612 e. The van der Waals surface area contributed by atoms with Crippen LogP contribution >= 0.6 is 0 Å². The van der Waals surface area contributed by atoms with Crippen LogP contribution in [0.4, 0.5) is 0 Å². The van der Waals surface area contributed by atoms with Crippen molar-refractivity contribution in [3.8, 4) is 0 Å². The second-order valence-corrected chi connectivity index (χ2v) is 7.59. The minimum atomic E-state index is -0.189. The molecule has 0 aromatic carbocycles. The van der Waals surface area contributed by atoms with Gasteiger partial charge in [0.2, 0.25) is 0 Å². The summed E-state index contributed by atoms with van der Waals surface area (Å²) in [6.07, 6.45) is 1.78. The quantitative estimate of drug-likeness (QED) is 0.616. The van der Waals surface area contributed by atoms with Gasteiger partial charge in [0.1, 0.15) is 0 Å². The van der Waals surface area contributed by atoms with Gasteiger partial charge in [-0.15, -0.1) is 0 Å². The Morgan fingerprint density at radius 1 is 0.938 bits per heavy atom. The van der Waals surface area contributed by atoms with Crippen molar-refractivity contribution < 1.29 is 5.11 Å². The van der Waals surface area contributed by atoms with Crippen molar-refractivity contribution in [2.75, 3.05) is 0 Å². The van der Waals surface area contributed by atoms with Gasteiger partial charge in [0, 0.05) is 0 Å². The Kier molecular flexibility index (Phi) is 3.59. The summed E-state index contributed by atoms with van der Waals surface area (Å²) in [6, 6.07) is 0. The monoisotopic (exact) mass is 224 g/mol. The molecule has 1 heteroatoms. The maximum absolute atomic E-state index is 10.6. The first kappa shape index (κ1) is 13.8. The molecule has 2 atom stereocenters. The molecule has 1 N–H and O–H groups in total. The van der Waals surface area contributed by atoms with Crippen LogP contribution < -0.4 is 0 Å². The second-order valence-electron chi connectivity index (χ2n) is 7.59. The summed E-state index contributed by atoms with van der Waals surface area (Å²) in [5.74, 6) is 0.691. The highest BCUT2D eigenvalue weighted by atomic mass is 16.3. The minimum Gasteiger partial charge on any atom is -0.392 e. The molecule has 1 rings (SSSR count). The van der Waals surface area contributed by atoms with E-state index in [1.807, 2.05) is 0 Å². The highest BCUT2D eigenvalue weighted by molar-refractivity contribution is 5.09. The molecular weight excluding hydrogens is 196 g/mol. The molecule has 0 aromatic rings. The third-order valence-corrected chi connectivity index (χ3v) is 4.07. The van der Waals surface area contributed by atoms with Crippen LogP contribution in [0.25, 0.3) is 0 Å². The van der Waals surface area contributed by atoms with Crippen molar-refractivity contribution >= 4 is 0 Å². The van der Waals surface area contributed by atoms with Gasteiger partial charge in [-0.2, -0.15) is 0 Å². The summed E-state index contributed by atoms with van der Waals surface area (Å²) < 4.78 is 0. The number of hydrogen-bond donors (Lipinski definition) is 1.